The zero-order valence-electron chi connectivity index (χ0n) is 19.7. The molecule has 2 aromatic heterocycles. The predicted molar refractivity (Wildman–Crippen MR) is 135 cm³/mol. The minimum atomic E-state index is -0.557. The lowest BCUT2D eigenvalue weighted by atomic mass is 10.0. The standard InChI is InChI=1S/C11H16.C10H10N2O2.C5H9NO.CH4/c1-3-7-11-9-6-5-8-10(11)4-2;1-5-3-4-7-6(2)8(9(11)13)14-10(7)12-5;7-5-6-3-1-2-4-6;/h5-6,8-9H,3-4,7H2,1-2H3;3-4H,1-2H3,(H2,11,13);5H,1-4H2;1H4. The van der Waals surface area contributed by atoms with Crippen molar-refractivity contribution in [2.24, 2.45) is 5.73 Å². The second kappa shape index (κ2) is 14.1. The Bertz CT molecular complexity index is 1020. The monoisotopic (exact) mass is 453 g/mol. The van der Waals surface area contributed by atoms with Gasteiger partial charge in [-0.2, -0.15) is 0 Å². The lowest BCUT2D eigenvalue weighted by Gasteiger charge is -2.04. The maximum Gasteiger partial charge on any atom is 0.284 e. The summed E-state index contributed by atoms with van der Waals surface area (Å²) in [7, 11) is 0. The number of benzene rings is 1. The van der Waals surface area contributed by atoms with Crippen LogP contribution in [-0.4, -0.2) is 35.3 Å². The number of hydrogen-bond acceptors (Lipinski definition) is 4. The fourth-order valence-electron chi connectivity index (χ4n) is 3.69. The highest BCUT2D eigenvalue weighted by Gasteiger charge is 2.15. The van der Waals surface area contributed by atoms with E-state index in [1.165, 1.54) is 36.8 Å². The summed E-state index contributed by atoms with van der Waals surface area (Å²) in [4.78, 5) is 26.9. The molecular formula is C27H39N3O3. The fourth-order valence-corrected chi connectivity index (χ4v) is 3.69. The number of primary amides is 1. The number of aryl methyl sites for hydroxylation is 4. The first kappa shape index (κ1) is 27.9. The van der Waals surface area contributed by atoms with E-state index < -0.39 is 5.91 Å². The summed E-state index contributed by atoms with van der Waals surface area (Å²) in [5.74, 6) is -0.365. The lowest BCUT2D eigenvalue weighted by Crippen LogP contribution is -2.15. The molecule has 0 saturated carbocycles. The van der Waals surface area contributed by atoms with Gasteiger partial charge in [0.1, 0.15) is 0 Å². The Morgan fingerprint density at radius 3 is 2.24 bits per heavy atom. The Balaban J connectivity index is 0.000000257. The SMILES string of the molecule is C.CCCc1ccccc1CC.Cc1ccc2c(C)c(C(N)=O)oc2n1.O=CN1CCCC1. The number of hydrogen-bond donors (Lipinski definition) is 1. The molecule has 0 aliphatic carbocycles. The van der Waals surface area contributed by atoms with Gasteiger partial charge in [-0.3, -0.25) is 9.59 Å². The quantitative estimate of drug-likeness (QED) is 0.508. The Kier molecular flexibility index (Phi) is 11.9. The highest BCUT2D eigenvalue weighted by atomic mass is 16.4. The number of carbonyl (C=O) groups is 2. The number of amides is 2. The minimum absolute atomic E-state index is 0. The maximum absolute atomic E-state index is 11.0. The van der Waals surface area contributed by atoms with Crippen LogP contribution in [-0.2, 0) is 17.6 Å². The van der Waals surface area contributed by atoms with Crippen molar-refractivity contribution in [3.8, 4) is 0 Å². The number of furan rings is 1. The molecule has 0 spiro atoms. The van der Waals surface area contributed by atoms with E-state index in [1.807, 2.05) is 19.1 Å². The average molecular weight is 454 g/mol. The van der Waals surface area contributed by atoms with Gasteiger partial charge >= 0.3 is 0 Å². The largest absolute Gasteiger partial charge is 0.432 e. The topological polar surface area (TPSA) is 89.4 Å². The molecule has 2 amide bonds. The number of nitrogens with two attached hydrogens (primary N) is 1. The van der Waals surface area contributed by atoms with E-state index >= 15 is 0 Å². The van der Waals surface area contributed by atoms with Gasteiger partial charge in [-0.25, -0.2) is 4.98 Å². The van der Waals surface area contributed by atoms with Gasteiger partial charge < -0.3 is 15.1 Å². The van der Waals surface area contributed by atoms with Crippen LogP contribution in [0.25, 0.3) is 11.1 Å². The third-order valence-corrected chi connectivity index (χ3v) is 5.47. The summed E-state index contributed by atoms with van der Waals surface area (Å²) >= 11 is 0. The second-order valence-corrected chi connectivity index (χ2v) is 7.95. The molecule has 180 valence electrons. The van der Waals surface area contributed by atoms with Crippen LogP contribution in [0.3, 0.4) is 0 Å². The van der Waals surface area contributed by atoms with Gasteiger partial charge in [0.15, 0.2) is 5.76 Å². The van der Waals surface area contributed by atoms with Gasteiger partial charge in [0.05, 0.1) is 0 Å². The predicted octanol–water partition coefficient (Wildman–Crippen LogP) is 5.62. The van der Waals surface area contributed by atoms with E-state index in [0.717, 1.165) is 42.6 Å². The van der Waals surface area contributed by atoms with Gasteiger partial charge in [0.25, 0.3) is 5.91 Å². The van der Waals surface area contributed by atoms with Gasteiger partial charge in [-0.05, 0) is 62.8 Å². The first-order valence-electron chi connectivity index (χ1n) is 11.3. The smallest absolute Gasteiger partial charge is 0.284 e. The Hall–Kier alpha value is -3.15. The maximum atomic E-state index is 11.0. The van der Waals surface area contributed by atoms with Crippen LogP contribution in [0.15, 0.2) is 40.8 Å². The number of likely N-dealkylation sites (tertiary alicyclic amines) is 1. The number of carbonyl (C=O) groups excluding carboxylic acids is 2. The molecule has 1 aliphatic rings. The number of rotatable bonds is 5. The van der Waals surface area contributed by atoms with E-state index in [2.05, 4.69) is 43.1 Å². The van der Waals surface area contributed by atoms with E-state index in [-0.39, 0.29) is 13.2 Å². The fraction of sp³-hybridized carbons (Fsp3) is 0.444. The number of nitrogens with zero attached hydrogens (tertiary/aromatic N) is 2. The van der Waals surface area contributed by atoms with Gasteiger partial charge in [0.2, 0.25) is 12.1 Å². The first-order valence-corrected chi connectivity index (χ1v) is 11.3. The molecule has 0 unspecified atom stereocenters. The lowest BCUT2D eigenvalue weighted by molar-refractivity contribution is -0.117. The molecule has 1 saturated heterocycles. The van der Waals surface area contributed by atoms with Crippen LogP contribution in [0.1, 0.15) is 73.5 Å². The third kappa shape index (κ3) is 8.04. The zero-order chi connectivity index (χ0) is 23.5. The van der Waals surface area contributed by atoms with Gasteiger partial charge in [-0.1, -0.05) is 52.0 Å². The summed E-state index contributed by atoms with van der Waals surface area (Å²) in [6.45, 7) is 10.1. The van der Waals surface area contributed by atoms with Crippen molar-refractivity contribution in [1.82, 2.24) is 9.88 Å². The summed E-state index contributed by atoms with van der Waals surface area (Å²) in [6, 6.07) is 12.5. The summed E-state index contributed by atoms with van der Waals surface area (Å²) in [5.41, 5.74) is 10.3. The molecule has 1 aromatic carbocycles. The van der Waals surface area contributed by atoms with Crippen LogP contribution >= 0.6 is 0 Å². The van der Waals surface area contributed by atoms with Gasteiger partial charge in [0, 0.05) is 29.7 Å². The summed E-state index contributed by atoms with van der Waals surface area (Å²) in [5, 5.41) is 0.837. The molecule has 0 atom stereocenters. The molecule has 33 heavy (non-hydrogen) atoms. The van der Waals surface area contributed by atoms with E-state index in [1.54, 1.807) is 11.8 Å². The zero-order valence-corrected chi connectivity index (χ0v) is 19.7. The van der Waals surface area contributed by atoms with Crippen molar-refractivity contribution in [3.63, 3.8) is 0 Å². The Morgan fingerprint density at radius 1 is 1.09 bits per heavy atom. The van der Waals surface area contributed by atoms with Crippen LogP contribution in [0.4, 0.5) is 0 Å². The Morgan fingerprint density at radius 2 is 1.73 bits per heavy atom. The van der Waals surface area contributed by atoms with Crippen molar-refractivity contribution in [2.75, 3.05) is 13.1 Å². The third-order valence-electron chi connectivity index (χ3n) is 5.47. The van der Waals surface area contributed by atoms with Crippen LogP contribution < -0.4 is 5.73 Å². The molecule has 0 radical (unpaired) electrons. The van der Waals surface area contributed by atoms with Crippen molar-refractivity contribution in [1.29, 1.82) is 0 Å². The first-order chi connectivity index (χ1) is 15.4. The number of aromatic nitrogens is 1. The highest BCUT2D eigenvalue weighted by Crippen LogP contribution is 2.23. The molecule has 1 aliphatic heterocycles. The summed E-state index contributed by atoms with van der Waals surface area (Å²) < 4.78 is 5.26. The number of pyridine rings is 1. The number of fused-ring (bicyclic) bond motifs is 1. The van der Waals surface area contributed by atoms with Crippen molar-refractivity contribution < 1.29 is 14.0 Å². The minimum Gasteiger partial charge on any atom is -0.432 e. The van der Waals surface area contributed by atoms with E-state index in [0.29, 0.717) is 5.71 Å². The van der Waals surface area contributed by atoms with Crippen LogP contribution in [0.2, 0.25) is 0 Å². The van der Waals surface area contributed by atoms with E-state index in [9.17, 15) is 9.59 Å². The molecule has 4 rings (SSSR count). The van der Waals surface area contributed by atoms with Crippen molar-refractivity contribution in [2.45, 2.75) is 67.2 Å². The molecule has 3 heterocycles. The van der Waals surface area contributed by atoms with Crippen LogP contribution in [0.5, 0.6) is 0 Å². The molecule has 6 nitrogen and oxygen atoms in total. The second-order valence-electron chi connectivity index (χ2n) is 7.95. The normalized spacial score (nSPS) is 12.2. The highest BCUT2D eigenvalue weighted by molar-refractivity contribution is 5.97. The molecule has 1 fully saturated rings. The molecular weight excluding hydrogens is 414 g/mol. The Labute approximate surface area is 198 Å². The molecule has 3 aromatic rings. The van der Waals surface area contributed by atoms with Crippen molar-refractivity contribution >= 4 is 23.4 Å². The van der Waals surface area contributed by atoms with Gasteiger partial charge in [-0.15, -0.1) is 0 Å². The molecule has 2 N–H and O–H groups in total. The average Bonchev–Trinajstić information content (AvgIpc) is 3.43. The summed E-state index contributed by atoms with van der Waals surface area (Å²) in [6.07, 6.45) is 6.95. The van der Waals surface area contributed by atoms with Crippen molar-refractivity contribution in [3.05, 3.63) is 64.5 Å². The molecule has 6 heteroatoms. The molecule has 0 bridgehead atoms. The van der Waals surface area contributed by atoms with E-state index in [4.69, 9.17) is 10.2 Å². The van der Waals surface area contributed by atoms with Crippen LogP contribution in [0, 0.1) is 13.8 Å².